The van der Waals surface area contributed by atoms with Crippen LogP contribution in [0.2, 0.25) is 5.02 Å². The zero-order valence-electron chi connectivity index (χ0n) is 11.7. The summed E-state index contributed by atoms with van der Waals surface area (Å²) in [5.74, 6) is -1.99. The van der Waals surface area contributed by atoms with Gasteiger partial charge >= 0.3 is 0 Å². The van der Waals surface area contributed by atoms with E-state index in [1.54, 1.807) is 0 Å². The molecular weight excluding hydrogens is 298 g/mol. The Morgan fingerprint density at radius 1 is 1.29 bits per heavy atom. The first-order valence-electron chi connectivity index (χ1n) is 7.10. The Morgan fingerprint density at radius 2 is 1.95 bits per heavy atom. The average molecular weight is 317 g/mol. The number of rotatable bonds is 4. The average Bonchev–Trinajstić information content (AvgIpc) is 2.44. The number of halogens is 3. The van der Waals surface area contributed by atoms with Crippen molar-refractivity contribution in [3.63, 3.8) is 0 Å². The Balaban J connectivity index is 2.08. The number of anilines is 1. The molecule has 1 aliphatic rings. The van der Waals surface area contributed by atoms with E-state index in [1.165, 1.54) is 0 Å². The van der Waals surface area contributed by atoms with Crippen LogP contribution in [0.1, 0.15) is 38.5 Å². The quantitative estimate of drug-likeness (QED) is 0.886. The molecule has 1 aromatic carbocycles. The first-order valence-corrected chi connectivity index (χ1v) is 7.48. The summed E-state index contributed by atoms with van der Waals surface area (Å²) in [7, 11) is 0. The van der Waals surface area contributed by atoms with E-state index in [9.17, 15) is 13.6 Å². The van der Waals surface area contributed by atoms with Gasteiger partial charge in [-0.3, -0.25) is 4.79 Å². The molecule has 0 aliphatic heterocycles. The molecule has 0 bridgehead atoms. The monoisotopic (exact) mass is 316 g/mol. The molecular formula is C15H19ClF2N2O. The van der Waals surface area contributed by atoms with Crippen molar-refractivity contribution in [2.45, 2.75) is 38.5 Å². The van der Waals surface area contributed by atoms with E-state index in [4.69, 9.17) is 17.3 Å². The van der Waals surface area contributed by atoms with Gasteiger partial charge in [0.1, 0.15) is 5.82 Å². The van der Waals surface area contributed by atoms with Crippen molar-refractivity contribution < 1.29 is 13.6 Å². The van der Waals surface area contributed by atoms with Crippen LogP contribution in [0.25, 0.3) is 0 Å². The van der Waals surface area contributed by atoms with Crippen molar-refractivity contribution in [1.82, 2.24) is 0 Å². The maximum atomic E-state index is 13.7. The molecule has 116 valence electrons. The van der Waals surface area contributed by atoms with E-state index >= 15 is 0 Å². The third-order valence-corrected chi connectivity index (χ3v) is 4.45. The Labute approximate surface area is 127 Å². The second-order valence-electron chi connectivity index (χ2n) is 5.73. The number of nitrogens with two attached hydrogens (primary N) is 1. The van der Waals surface area contributed by atoms with Gasteiger partial charge in [0, 0.05) is 12.5 Å². The highest BCUT2D eigenvalue weighted by Crippen LogP contribution is 2.39. The lowest BCUT2D eigenvalue weighted by Crippen LogP contribution is -2.36. The van der Waals surface area contributed by atoms with Gasteiger partial charge in [-0.05, 0) is 30.9 Å². The minimum atomic E-state index is -0.876. The fourth-order valence-corrected chi connectivity index (χ4v) is 3.18. The third kappa shape index (κ3) is 3.92. The van der Waals surface area contributed by atoms with E-state index in [2.05, 4.69) is 5.32 Å². The fraction of sp³-hybridized carbons (Fsp3) is 0.533. The van der Waals surface area contributed by atoms with Crippen molar-refractivity contribution in [2.24, 2.45) is 11.1 Å². The summed E-state index contributed by atoms with van der Waals surface area (Å²) in [4.78, 5) is 12.1. The van der Waals surface area contributed by atoms with Crippen LogP contribution in [0, 0.1) is 17.0 Å². The minimum Gasteiger partial charge on any atom is -0.330 e. The van der Waals surface area contributed by atoms with Gasteiger partial charge in [-0.25, -0.2) is 8.78 Å². The van der Waals surface area contributed by atoms with Crippen molar-refractivity contribution in [3.8, 4) is 0 Å². The molecule has 0 atom stereocenters. The topological polar surface area (TPSA) is 55.1 Å². The summed E-state index contributed by atoms with van der Waals surface area (Å²) < 4.78 is 26.6. The molecule has 0 heterocycles. The van der Waals surface area contributed by atoms with Gasteiger partial charge in [0.15, 0.2) is 5.82 Å². The maximum Gasteiger partial charge on any atom is 0.225 e. The van der Waals surface area contributed by atoms with E-state index in [0.717, 1.165) is 38.2 Å². The highest BCUT2D eigenvalue weighted by molar-refractivity contribution is 6.33. The summed E-state index contributed by atoms with van der Waals surface area (Å²) in [5.41, 5.74) is 5.44. The summed E-state index contributed by atoms with van der Waals surface area (Å²) in [6.45, 7) is 0.431. The smallest absolute Gasteiger partial charge is 0.225 e. The van der Waals surface area contributed by atoms with Gasteiger partial charge in [-0.2, -0.15) is 0 Å². The number of carbonyl (C=O) groups excluding carboxylic acids is 1. The number of hydrogen-bond donors (Lipinski definition) is 2. The zero-order chi connectivity index (χ0) is 15.5. The van der Waals surface area contributed by atoms with Crippen LogP contribution >= 0.6 is 11.6 Å². The zero-order valence-corrected chi connectivity index (χ0v) is 12.5. The molecule has 0 spiro atoms. The second kappa shape index (κ2) is 6.71. The molecule has 3 N–H and O–H groups in total. The number of amides is 1. The summed E-state index contributed by atoms with van der Waals surface area (Å²) in [6, 6.07) is 1.67. The first-order chi connectivity index (χ1) is 9.96. The first kappa shape index (κ1) is 16.2. The molecule has 2 rings (SSSR count). The molecule has 1 saturated carbocycles. The lowest BCUT2D eigenvalue weighted by molar-refractivity contribution is -0.118. The largest absolute Gasteiger partial charge is 0.330 e. The number of hydrogen-bond acceptors (Lipinski definition) is 2. The van der Waals surface area contributed by atoms with Crippen molar-refractivity contribution >= 4 is 23.2 Å². The molecule has 0 saturated heterocycles. The molecule has 21 heavy (non-hydrogen) atoms. The Kier molecular flexibility index (Phi) is 5.17. The van der Waals surface area contributed by atoms with Gasteiger partial charge < -0.3 is 11.1 Å². The lowest BCUT2D eigenvalue weighted by atomic mass is 9.71. The van der Waals surface area contributed by atoms with Gasteiger partial charge in [0.25, 0.3) is 0 Å². The number of nitrogens with one attached hydrogen (secondary N) is 1. The predicted molar refractivity (Wildman–Crippen MR) is 79.2 cm³/mol. The number of carbonyl (C=O) groups is 1. The Hall–Kier alpha value is -1.20. The van der Waals surface area contributed by atoms with Crippen LogP contribution in [0.3, 0.4) is 0 Å². The predicted octanol–water partition coefficient (Wildman–Crippen LogP) is 3.86. The van der Waals surface area contributed by atoms with Gasteiger partial charge in [-0.1, -0.05) is 30.9 Å². The molecule has 1 aliphatic carbocycles. The lowest BCUT2D eigenvalue weighted by Gasteiger charge is -2.35. The molecule has 0 unspecified atom stereocenters. The second-order valence-corrected chi connectivity index (χ2v) is 6.14. The normalized spacial score (nSPS) is 17.5. The van der Waals surface area contributed by atoms with E-state index in [0.29, 0.717) is 12.6 Å². The van der Waals surface area contributed by atoms with Crippen LogP contribution < -0.4 is 11.1 Å². The van der Waals surface area contributed by atoms with E-state index in [1.807, 2.05) is 0 Å². The van der Waals surface area contributed by atoms with Gasteiger partial charge in [0.2, 0.25) is 5.91 Å². The molecule has 1 fully saturated rings. The Bertz CT molecular complexity index is 507. The third-order valence-electron chi connectivity index (χ3n) is 4.15. The molecule has 0 radical (unpaired) electrons. The van der Waals surface area contributed by atoms with Crippen molar-refractivity contribution in [2.75, 3.05) is 11.9 Å². The molecule has 1 amide bonds. The SMILES string of the molecule is NCC1(CC(=O)Nc2c(F)cc(F)cc2Cl)CCCCC1. The summed E-state index contributed by atoms with van der Waals surface area (Å²) in [5, 5.41) is 2.30. The van der Waals surface area contributed by atoms with Crippen LogP contribution in [-0.2, 0) is 4.79 Å². The van der Waals surface area contributed by atoms with Crippen molar-refractivity contribution in [3.05, 3.63) is 28.8 Å². The highest BCUT2D eigenvalue weighted by Gasteiger charge is 2.33. The van der Waals surface area contributed by atoms with Crippen molar-refractivity contribution in [1.29, 1.82) is 0 Å². The van der Waals surface area contributed by atoms with Crippen LogP contribution in [0.15, 0.2) is 12.1 Å². The van der Waals surface area contributed by atoms with E-state index in [-0.39, 0.29) is 28.5 Å². The molecule has 3 nitrogen and oxygen atoms in total. The minimum absolute atomic E-state index is 0.147. The highest BCUT2D eigenvalue weighted by atomic mass is 35.5. The van der Waals surface area contributed by atoms with Crippen LogP contribution in [0.5, 0.6) is 0 Å². The van der Waals surface area contributed by atoms with E-state index < -0.39 is 11.6 Å². The molecule has 0 aromatic heterocycles. The van der Waals surface area contributed by atoms with Gasteiger partial charge in [-0.15, -0.1) is 0 Å². The fourth-order valence-electron chi connectivity index (χ4n) is 2.94. The molecule has 1 aromatic rings. The van der Waals surface area contributed by atoms with Crippen LogP contribution in [0.4, 0.5) is 14.5 Å². The standard InChI is InChI=1S/C15H19ClF2N2O/c16-11-6-10(17)7-12(18)14(11)20-13(21)8-15(9-19)4-2-1-3-5-15/h6-7H,1-5,8-9,19H2,(H,20,21). The van der Waals surface area contributed by atoms with Gasteiger partial charge in [0.05, 0.1) is 10.7 Å². The van der Waals surface area contributed by atoms with Crippen LogP contribution in [-0.4, -0.2) is 12.5 Å². The number of benzene rings is 1. The maximum absolute atomic E-state index is 13.7. The summed E-state index contributed by atoms with van der Waals surface area (Å²) in [6.07, 6.45) is 5.29. The molecule has 6 heteroatoms. The summed E-state index contributed by atoms with van der Waals surface area (Å²) >= 11 is 5.77. The Morgan fingerprint density at radius 3 is 2.52 bits per heavy atom.